The molecular formula is C28H27N5O20S6. The van der Waals surface area contributed by atoms with Gasteiger partial charge in [0.2, 0.25) is 0 Å². The summed E-state index contributed by atoms with van der Waals surface area (Å²) in [5, 5.41) is 51.1. The average molecular weight is 946 g/mol. The third-order valence-electron chi connectivity index (χ3n) is 6.99. The van der Waals surface area contributed by atoms with Crippen LogP contribution in [0.1, 0.15) is 0 Å². The van der Waals surface area contributed by atoms with Crippen molar-refractivity contribution in [3.63, 3.8) is 0 Å². The minimum Gasteiger partial charge on any atom is -0.505 e. The van der Waals surface area contributed by atoms with E-state index in [1.165, 1.54) is 32.4 Å². The monoisotopic (exact) mass is 945 g/mol. The molecule has 25 nitrogen and oxygen atoms in total. The highest BCUT2D eigenvalue weighted by atomic mass is 32.3. The zero-order valence-electron chi connectivity index (χ0n) is 29.4. The molecule has 0 fully saturated rings. The normalized spacial score (nSPS) is 12.4. The molecule has 0 aliphatic carbocycles. The summed E-state index contributed by atoms with van der Waals surface area (Å²) in [7, 11) is -11.5. The second-order valence-corrected chi connectivity index (χ2v) is 17.4. The topological polar surface area (TPSA) is 370 Å². The number of nitrogens with two attached hydrogens (primary N) is 1. The van der Waals surface area contributed by atoms with Gasteiger partial charge in [-0.1, -0.05) is 10.1 Å². The van der Waals surface area contributed by atoms with E-state index >= 15 is 0 Å². The molecule has 31 heteroatoms. The smallest absolute Gasteiger partial charge is 0.397 e. The Morgan fingerprint density at radius 1 is 0.797 bits per heavy atom. The molecule has 0 radical (unpaired) electrons. The van der Waals surface area contributed by atoms with Crippen LogP contribution in [0.25, 0.3) is 10.8 Å². The third-order valence-corrected chi connectivity index (χ3v) is 11.9. The number of nitrogen functional groups attached to an aromatic ring is 1. The Morgan fingerprint density at radius 3 is 2.07 bits per heavy atom. The van der Waals surface area contributed by atoms with Crippen molar-refractivity contribution >= 4 is 112 Å². The number of sulfone groups is 1. The molecule has 0 amide bonds. The predicted octanol–water partition coefficient (Wildman–Crippen LogP) is 5.86. The minimum absolute atomic E-state index is 0.0201. The van der Waals surface area contributed by atoms with Crippen molar-refractivity contribution in [2.75, 3.05) is 38.1 Å². The molecule has 7 N–H and O–H groups in total. The fourth-order valence-corrected chi connectivity index (χ4v) is 8.12. The number of rotatable bonds is 21. The Morgan fingerprint density at radius 2 is 1.46 bits per heavy atom. The number of aromatic hydroxyl groups is 1. The van der Waals surface area contributed by atoms with E-state index in [0.29, 0.717) is 24.1 Å². The van der Waals surface area contributed by atoms with Gasteiger partial charge in [-0.3, -0.25) is 13.9 Å². The summed E-state index contributed by atoms with van der Waals surface area (Å²) in [6, 6.07) is 9.12. The number of ether oxygens (including phenoxy) is 2. The van der Waals surface area contributed by atoms with Crippen LogP contribution in [0.5, 0.6) is 17.2 Å². The molecule has 0 saturated heterocycles. The fourth-order valence-electron chi connectivity index (χ4n) is 4.53. The zero-order chi connectivity index (χ0) is 43.5. The molecule has 0 aliphatic heterocycles. The standard InChI is InChI=1S/C28H27N5O20S6/c1-46-18-12-20(55-49-23(34)13-54-52-50-36)19(47-2)11-17(18)31-32-26-21(56-53-51-37)9-14-10-22(58(40,41)42)27(25(29)24(14)28(26)35)33-30-15-3-5-16(6-4-15)57(38,39)8-7-48-59(43,44)45/h3-6,9-12,35-37H,7-8,13,29H2,1-2H3,(H,40,41,42)(H,43,44,45). The highest BCUT2D eigenvalue weighted by molar-refractivity contribution is 7.96. The van der Waals surface area contributed by atoms with Crippen LogP contribution in [0, 0.1) is 0 Å². The predicted molar refractivity (Wildman–Crippen MR) is 204 cm³/mol. The van der Waals surface area contributed by atoms with E-state index < -0.39 is 76.4 Å². The van der Waals surface area contributed by atoms with Gasteiger partial charge in [0.25, 0.3) is 10.1 Å². The molecule has 4 rings (SSSR count). The molecule has 0 aliphatic rings. The third kappa shape index (κ3) is 12.8. The number of carbonyl (C=O) groups excluding carboxylic acids is 1. The van der Waals surface area contributed by atoms with E-state index in [0.717, 1.165) is 30.3 Å². The zero-order valence-corrected chi connectivity index (χ0v) is 34.3. The number of benzene rings is 4. The fraction of sp³-hybridized carbons (Fsp3) is 0.179. The number of phenols is 1. The Balaban J connectivity index is 1.77. The van der Waals surface area contributed by atoms with Crippen LogP contribution in [0.2, 0.25) is 0 Å². The van der Waals surface area contributed by atoms with Crippen LogP contribution in [0.15, 0.2) is 88.6 Å². The largest absolute Gasteiger partial charge is 0.505 e. The maximum atomic E-state index is 12.5. The molecule has 0 aromatic heterocycles. The van der Waals surface area contributed by atoms with Crippen LogP contribution >= 0.6 is 36.1 Å². The maximum absolute atomic E-state index is 12.5. The quantitative estimate of drug-likeness (QED) is 0.0108. The van der Waals surface area contributed by atoms with Crippen molar-refractivity contribution in [3.05, 3.63) is 48.5 Å². The molecular weight excluding hydrogens is 919 g/mol. The first kappa shape index (κ1) is 47.2. The number of fused-ring (bicyclic) bond motifs is 1. The van der Waals surface area contributed by atoms with Crippen molar-refractivity contribution in [1.29, 1.82) is 0 Å². The second kappa shape index (κ2) is 20.7. The second-order valence-electron chi connectivity index (χ2n) is 10.6. The first-order valence-electron chi connectivity index (χ1n) is 15.1. The van der Waals surface area contributed by atoms with Crippen molar-refractivity contribution < 1.29 is 91.4 Å². The lowest BCUT2D eigenvalue weighted by molar-refractivity contribution is -0.432. The maximum Gasteiger partial charge on any atom is 0.397 e. The average Bonchev–Trinajstić information content (AvgIpc) is 3.17. The summed E-state index contributed by atoms with van der Waals surface area (Å²) in [6.07, 6.45) is 0. The van der Waals surface area contributed by atoms with Gasteiger partial charge < -0.3 is 24.5 Å². The lowest BCUT2D eigenvalue weighted by Crippen LogP contribution is -2.15. The van der Waals surface area contributed by atoms with Crippen LogP contribution in [0.3, 0.4) is 0 Å². The van der Waals surface area contributed by atoms with Gasteiger partial charge in [0.05, 0.1) is 70.1 Å². The molecule has 4 aromatic rings. The van der Waals surface area contributed by atoms with Crippen LogP contribution < -0.4 is 15.2 Å². The van der Waals surface area contributed by atoms with Crippen molar-refractivity contribution in [2.24, 2.45) is 20.5 Å². The number of hydrogen-bond acceptors (Lipinski definition) is 26. The molecule has 0 spiro atoms. The van der Waals surface area contributed by atoms with Crippen LogP contribution in [0.4, 0.5) is 28.4 Å². The molecule has 0 unspecified atom stereocenters. The summed E-state index contributed by atoms with van der Waals surface area (Å²) in [5.74, 6) is -2.59. The lowest BCUT2D eigenvalue weighted by Gasteiger charge is -2.14. The van der Waals surface area contributed by atoms with Gasteiger partial charge in [-0.05, 0) is 41.8 Å². The van der Waals surface area contributed by atoms with E-state index in [-0.39, 0.29) is 66.1 Å². The summed E-state index contributed by atoms with van der Waals surface area (Å²) in [6.45, 7) is -0.877. The minimum atomic E-state index is -5.12. The molecule has 4 aromatic carbocycles. The first-order chi connectivity index (χ1) is 27.8. The molecule has 0 bridgehead atoms. The summed E-state index contributed by atoms with van der Waals surface area (Å²) >= 11 is 1.30. The van der Waals surface area contributed by atoms with Gasteiger partial charge >= 0.3 is 16.4 Å². The SMILES string of the molecule is COc1cc(SOC(=O)CSOOO)c(OC)cc1N=Nc1c(SOOO)cc2cc(S(=O)(=O)O)c(N=Nc3ccc(S(=O)(=O)CCOS(=O)(=O)O)cc3)c(N)c2c1O. The van der Waals surface area contributed by atoms with E-state index in [9.17, 15) is 39.7 Å². The summed E-state index contributed by atoms with van der Waals surface area (Å²) in [5.41, 5.74) is 4.59. The van der Waals surface area contributed by atoms with Gasteiger partial charge in [-0.2, -0.15) is 21.9 Å². The highest BCUT2D eigenvalue weighted by Gasteiger charge is 2.26. The Kier molecular flexibility index (Phi) is 16.6. The summed E-state index contributed by atoms with van der Waals surface area (Å²) < 4.78 is 119. The molecule has 320 valence electrons. The number of hydrogen-bond donors (Lipinski definition) is 6. The molecule has 0 saturated carbocycles. The molecule has 0 atom stereocenters. The van der Waals surface area contributed by atoms with E-state index in [1.54, 1.807) is 0 Å². The number of methoxy groups -OCH3 is 2. The molecule has 0 heterocycles. The van der Waals surface area contributed by atoms with E-state index in [1.807, 2.05) is 0 Å². The van der Waals surface area contributed by atoms with Gasteiger partial charge in [0, 0.05) is 24.2 Å². The summed E-state index contributed by atoms with van der Waals surface area (Å²) in [4.78, 5) is 10.8. The Hall–Kier alpha value is -4.45. The highest BCUT2D eigenvalue weighted by Crippen LogP contribution is 2.50. The Bertz CT molecular complexity index is 2580. The van der Waals surface area contributed by atoms with E-state index in [4.69, 9.17) is 34.5 Å². The number of azo groups is 2. The van der Waals surface area contributed by atoms with Crippen molar-refractivity contribution in [1.82, 2.24) is 0 Å². The first-order valence-corrected chi connectivity index (χ1v) is 21.9. The van der Waals surface area contributed by atoms with E-state index in [2.05, 4.69) is 43.4 Å². The number of nitrogens with zero attached hydrogens (tertiary/aromatic N) is 4. The number of carbonyl (C=O) groups is 1. The Labute approximate surface area is 345 Å². The van der Waals surface area contributed by atoms with Crippen LogP contribution in [-0.4, -0.2) is 88.3 Å². The number of anilines is 1. The molecule has 59 heavy (non-hydrogen) atoms. The van der Waals surface area contributed by atoms with Gasteiger partial charge in [0.1, 0.15) is 51.3 Å². The van der Waals surface area contributed by atoms with Gasteiger partial charge in [-0.25, -0.2) is 23.1 Å². The van der Waals surface area contributed by atoms with Gasteiger partial charge in [0.15, 0.2) is 15.6 Å². The van der Waals surface area contributed by atoms with Crippen molar-refractivity contribution in [3.8, 4) is 17.2 Å². The number of phenolic OH excluding ortho intramolecular Hbond substituents is 1. The van der Waals surface area contributed by atoms with Crippen molar-refractivity contribution in [2.45, 2.75) is 19.6 Å². The lowest BCUT2D eigenvalue weighted by atomic mass is 10.1. The van der Waals surface area contributed by atoms with Crippen LogP contribution in [-0.2, 0) is 62.3 Å². The van der Waals surface area contributed by atoms with Gasteiger partial charge in [-0.15, -0.1) is 24.0 Å².